The summed E-state index contributed by atoms with van der Waals surface area (Å²) in [5.74, 6) is 1.37. The van der Waals surface area contributed by atoms with Gasteiger partial charge in [0.25, 0.3) is 0 Å². The highest BCUT2D eigenvalue weighted by Crippen LogP contribution is 2.42. The Morgan fingerprint density at radius 2 is 1.65 bits per heavy atom. The van der Waals surface area contributed by atoms with Crippen LogP contribution in [0.2, 0.25) is 0 Å². The molecule has 0 spiro atoms. The van der Waals surface area contributed by atoms with Crippen molar-refractivity contribution in [2.45, 2.75) is 27.1 Å². The van der Waals surface area contributed by atoms with Crippen molar-refractivity contribution in [1.82, 2.24) is 0 Å². The molecule has 1 unspecified atom stereocenters. The summed E-state index contributed by atoms with van der Waals surface area (Å²) in [7, 11) is 0. The summed E-state index contributed by atoms with van der Waals surface area (Å²) in [6.07, 6.45) is 0.345. The summed E-state index contributed by atoms with van der Waals surface area (Å²) >= 11 is 0. The van der Waals surface area contributed by atoms with Gasteiger partial charge in [0, 0.05) is 24.1 Å². The third kappa shape index (κ3) is 4.79. The summed E-state index contributed by atoms with van der Waals surface area (Å²) in [6, 6.07) is 13.2. The zero-order chi connectivity index (χ0) is 18.9. The molecule has 0 heterocycles. The quantitative estimate of drug-likeness (QED) is 0.373. The van der Waals surface area contributed by atoms with E-state index in [9.17, 15) is 4.79 Å². The molecular formula is C21H24O5. The van der Waals surface area contributed by atoms with Crippen LogP contribution in [-0.2, 0) is 9.53 Å². The standard InChI is InChI=1S/C21H24O5/c1-5-20(22)26-15(4)25-18-13-9-8-11-16(18)17-12-10-14-19(23-6-2)21(17)24-7-3/h5,8-15H,1,6-7H2,2-4H3. The minimum atomic E-state index is -0.757. The second-order valence-electron chi connectivity index (χ2n) is 5.32. The Hall–Kier alpha value is -2.95. The molecule has 2 rings (SSSR count). The Labute approximate surface area is 154 Å². The van der Waals surface area contributed by atoms with E-state index in [-0.39, 0.29) is 0 Å². The molecule has 0 bridgehead atoms. The number of para-hydroxylation sites is 2. The summed E-state index contributed by atoms with van der Waals surface area (Å²) in [5, 5.41) is 0. The van der Waals surface area contributed by atoms with Crippen LogP contribution in [0.15, 0.2) is 55.1 Å². The summed E-state index contributed by atoms with van der Waals surface area (Å²) < 4.78 is 22.4. The molecule has 2 aromatic carbocycles. The van der Waals surface area contributed by atoms with Gasteiger partial charge in [0.2, 0.25) is 6.29 Å². The normalized spacial score (nSPS) is 11.3. The van der Waals surface area contributed by atoms with Crippen LogP contribution in [0.5, 0.6) is 17.2 Å². The number of esters is 1. The number of hydrogen-bond donors (Lipinski definition) is 0. The Morgan fingerprint density at radius 1 is 1.00 bits per heavy atom. The van der Waals surface area contributed by atoms with Crippen molar-refractivity contribution in [2.24, 2.45) is 0 Å². The van der Waals surface area contributed by atoms with Gasteiger partial charge in [-0.3, -0.25) is 0 Å². The number of carbonyl (C=O) groups excluding carboxylic acids is 1. The van der Waals surface area contributed by atoms with Crippen LogP contribution >= 0.6 is 0 Å². The SMILES string of the molecule is C=CC(=O)OC(C)Oc1ccccc1-c1cccc(OCC)c1OCC. The Morgan fingerprint density at radius 3 is 2.35 bits per heavy atom. The molecule has 0 aromatic heterocycles. The number of carbonyl (C=O) groups is 1. The van der Waals surface area contributed by atoms with Gasteiger partial charge in [-0.2, -0.15) is 0 Å². The molecule has 0 aliphatic rings. The number of ether oxygens (including phenoxy) is 4. The van der Waals surface area contributed by atoms with Gasteiger partial charge in [0.1, 0.15) is 5.75 Å². The molecular weight excluding hydrogens is 332 g/mol. The van der Waals surface area contributed by atoms with Crippen molar-refractivity contribution in [3.63, 3.8) is 0 Å². The first kappa shape index (κ1) is 19.4. The molecule has 0 fully saturated rings. The predicted octanol–water partition coefficient (Wildman–Crippen LogP) is 4.61. The monoisotopic (exact) mass is 356 g/mol. The van der Waals surface area contributed by atoms with E-state index in [1.807, 2.05) is 56.3 Å². The van der Waals surface area contributed by atoms with E-state index in [1.165, 1.54) is 0 Å². The lowest BCUT2D eigenvalue weighted by Gasteiger charge is -2.19. The van der Waals surface area contributed by atoms with Gasteiger partial charge in [0.15, 0.2) is 11.5 Å². The first-order chi connectivity index (χ1) is 12.6. The molecule has 138 valence electrons. The van der Waals surface area contributed by atoms with Gasteiger partial charge in [-0.25, -0.2) is 4.79 Å². The maximum Gasteiger partial charge on any atom is 0.333 e. The van der Waals surface area contributed by atoms with Crippen LogP contribution in [0.3, 0.4) is 0 Å². The van der Waals surface area contributed by atoms with E-state index in [0.29, 0.717) is 30.5 Å². The molecule has 0 N–H and O–H groups in total. The van der Waals surface area contributed by atoms with Crippen LogP contribution in [0, 0.1) is 0 Å². The van der Waals surface area contributed by atoms with E-state index in [0.717, 1.165) is 17.2 Å². The van der Waals surface area contributed by atoms with Crippen molar-refractivity contribution in [2.75, 3.05) is 13.2 Å². The number of benzene rings is 2. The van der Waals surface area contributed by atoms with Crippen LogP contribution in [0.25, 0.3) is 11.1 Å². The van der Waals surface area contributed by atoms with E-state index in [4.69, 9.17) is 18.9 Å². The fraction of sp³-hybridized carbons (Fsp3) is 0.286. The minimum Gasteiger partial charge on any atom is -0.490 e. The van der Waals surface area contributed by atoms with Gasteiger partial charge in [-0.1, -0.05) is 36.9 Å². The van der Waals surface area contributed by atoms with Crippen LogP contribution < -0.4 is 14.2 Å². The molecule has 1 atom stereocenters. The molecule has 0 aliphatic carbocycles. The van der Waals surface area contributed by atoms with E-state index in [1.54, 1.807) is 6.92 Å². The van der Waals surface area contributed by atoms with E-state index < -0.39 is 12.3 Å². The lowest BCUT2D eigenvalue weighted by molar-refractivity contribution is -0.154. The first-order valence-corrected chi connectivity index (χ1v) is 8.58. The second-order valence-corrected chi connectivity index (χ2v) is 5.32. The van der Waals surface area contributed by atoms with Gasteiger partial charge < -0.3 is 18.9 Å². The molecule has 5 heteroatoms. The van der Waals surface area contributed by atoms with Crippen LogP contribution in [0.4, 0.5) is 0 Å². The van der Waals surface area contributed by atoms with Crippen molar-refractivity contribution in [3.8, 4) is 28.4 Å². The highest BCUT2D eigenvalue weighted by molar-refractivity contribution is 5.81. The molecule has 0 saturated carbocycles. The molecule has 26 heavy (non-hydrogen) atoms. The smallest absolute Gasteiger partial charge is 0.333 e. The third-order valence-corrected chi connectivity index (χ3v) is 3.49. The van der Waals surface area contributed by atoms with Crippen molar-refractivity contribution < 1.29 is 23.7 Å². The summed E-state index contributed by atoms with van der Waals surface area (Å²) in [6.45, 7) is 9.93. The van der Waals surface area contributed by atoms with E-state index >= 15 is 0 Å². The predicted molar refractivity (Wildman–Crippen MR) is 101 cm³/mol. The zero-order valence-corrected chi connectivity index (χ0v) is 15.4. The lowest BCUT2D eigenvalue weighted by atomic mass is 10.0. The largest absolute Gasteiger partial charge is 0.490 e. The van der Waals surface area contributed by atoms with Gasteiger partial charge in [-0.05, 0) is 26.0 Å². The molecule has 5 nitrogen and oxygen atoms in total. The van der Waals surface area contributed by atoms with Crippen LogP contribution in [0.1, 0.15) is 20.8 Å². The molecule has 2 aromatic rings. The highest BCUT2D eigenvalue weighted by Gasteiger charge is 2.17. The maximum atomic E-state index is 11.4. The van der Waals surface area contributed by atoms with Crippen molar-refractivity contribution >= 4 is 5.97 Å². The number of rotatable bonds is 9. The average molecular weight is 356 g/mol. The Kier molecular flexibility index (Phi) is 7.09. The number of hydrogen-bond acceptors (Lipinski definition) is 5. The minimum absolute atomic E-state index is 0.507. The first-order valence-electron chi connectivity index (χ1n) is 8.58. The maximum absolute atomic E-state index is 11.4. The summed E-state index contributed by atoms with van der Waals surface area (Å²) in [5.41, 5.74) is 1.66. The fourth-order valence-corrected chi connectivity index (χ4v) is 2.50. The topological polar surface area (TPSA) is 54.0 Å². The molecule has 0 amide bonds. The van der Waals surface area contributed by atoms with Gasteiger partial charge in [-0.15, -0.1) is 0 Å². The van der Waals surface area contributed by atoms with Gasteiger partial charge in [0.05, 0.1) is 13.2 Å². The Bertz CT molecular complexity index is 754. The molecule has 0 aliphatic heterocycles. The highest BCUT2D eigenvalue weighted by atomic mass is 16.7. The fourth-order valence-electron chi connectivity index (χ4n) is 2.50. The Balaban J connectivity index is 2.41. The second kappa shape index (κ2) is 9.51. The van der Waals surface area contributed by atoms with Crippen molar-refractivity contribution in [1.29, 1.82) is 0 Å². The molecule has 0 radical (unpaired) electrons. The van der Waals surface area contributed by atoms with Gasteiger partial charge >= 0.3 is 5.97 Å². The zero-order valence-electron chi connectivity index (χ0n) is 15.4. The lowest BCUT2D eigenvalue weighted by Crippen LogP contribution is -2.19. The summed E-state index contributed by atoms with van der Waals surface area (Å²) in [4.78, 5) is 11.4. The van der Waals surface area contributed by atoms with Crippen LogP contribution in [-0.4, -0.2) is 25.5 Å². The molecule has 0 saturated heterocycles. The van der Waals surface area contributed by atoms with Crippen molar-refractivity contribution in [3.05, 3.63) is 55.1 Å². The average Bonchev–Trinajstić information content (AvgIpc) is 2.64. The van der Waals surface area contributed by atoms with E-state index in [2.05, 4.69) is 6.58 Å². The third-order valence-electron chi connectivity index (χ3n) is 3.49.